The molecule has 1 saturated heterocycles. The lowest BCUT2D eigenvalue weighted by molar-refractivity contribution is -0.183. The number of likely N-dealkylation sites (tertiary alicyclic amines) is 1. The lowest BCUT2D eigenvalue weighted by Gasteiger charge is -2.60. The summed E-state index contributed by atoms with van der Waals surface area (Å²) < 4.78 is 6.08. The molecule has 2 N–H and O–H groups in total. The Hall–Kier alpha value is -1.59. The molecule has 4 aliphatic rings. The number of hydrogen-bond donors (Lipinski definition) is 2. The van der Waals surface area contributed by atoms with Gasteiger partial charge in [-0.15, -0.1) is 0 Å². The van der Waals surface area contributed by atoms with Crippen LogP contribution in [0.1, 0.15) is 56.6 Å². The van der Waals surface area contributed by atoms with E-state index in [1.807, 2.05) is 13.0 Å². The summed E-state index contributed by atoms with van der Waals surface area (Å²) in [5.74, 6) is 1.27. The van der Waals surface area contributed by atoms with Gasteiger partial charge in [0, 0.05) is 24.6 Å². The van der Waals surface area contributed by atoms with Crippen LogP contribution in [0.25, 0.3) is 0 Å². The van der Waals surface area contributed by atoms with Crippen LogP contribution in [0.5, 0.6) is 11.5 Å². The first kappa shape index (κ1) is 17.5. The predicted molar refractivity (Wildman–Crippen MR) is 101 cm³/mol. The summed E-state index contributed by atoms with van der Waals surface area (Å²) in [6.45, 7) is 5.98. The third-order valence-corrected chi connectivity index (χ3v) is 8.04. The molecule has 2 heterocycles. The Labute approximate surface area is 160 Å². The third kappa shape index (κ3) is 2.10. The number of aromatic hydroxyl groups is 1. The highest BCUT2D eigenvalue weighted by molar-refractivity contribution is 5.89. The monoisotopic (exact) mass is 371 g/mol. The summed E-state index contributed by atoms with van der Waals surface area (Å²) >= 11 is 0. The Morgan fingerprint density at radius 1 is 1.30 bits per heavy atom. The minimum Gasteiger partial charge on any atom is -0.504 e. The second-order valence-corrected chi connectivity index (χ2v) is 9.18. The molecular weight excluding hydrogens is 342 g/mol. The molecule has 1 spiro atoms. The molecule has 2 aliphatic heterocycles. The summed E-state index contributed by atoms with van der Waals surface area (Å²) in [5.41, 5.74) is 0.0594. The molecule has 5 heteroatoms. The maximum absolute atomic E-state index is 12.8. The zero-order valence-electron chi connectivity index (χ0n) is 16.2. The molecule has 146 valence electrons. The van der Waals surface area contributed by atoms with E-state index in [4.69, 9.17) is 4.74 Å². The van der Waals surface area contributed by atoms with Crippen LogP contribution < -0.4 is 4.74 Å². The molecule has 4 atom stereocenters. The molecular formula is C22H29NO4. The van der Waals surface area contributed by atoms with Crippen LogP contribution in [0.4, 0.5) is 0 Å². The van der Waals surface area contributed by atoms with Crippen molar-refractivity contribution in [2.24, 2.45) is 5.92 Å². The Balaban J connectivity index is 1.62. The number of carbonyl (C=O) groups is 1. The molecule has 1 aromatic rings. The molecule has 0 aromatic heterocycles. The van der Waals surface area contributed by atoms with Gasteiger partial charge in [-0.2, -0.15) is 0 Å². The van der Waals surface area contributed by atoms with Crippen LogP contribution in [0.2, 0.25) is 0 Å². The maximum atomic E-state index is 12.8. The number of hydrogen-bond acceptors (Lipinski definition) is 5. The number of fused-ring (bicyclic) bond motifs is 1. The molecule has 1 aromatic carbocycles. The molecule has 2 saturated carbocycles. The average molecular weight is 371 g/mol. The summed E-state index contributed by atoms with van der Waals surface area (Å²) in [6, 6.07) is 3.46. The molecule has 5 nitrogen and oxygen atoms in total. The van der Waals surface area contributed by atoms with E-state index in [1.165, 1.54) is 19.3 Å². The van der Waals surface area contributed by atoms with E-state index in [1.54, 1.807) is 6.07 Å². The van der Waals surface area contributed by atoms with Crippen molar-refractivity contribution in [3.8, 4) is 11.5 Å². The highest BCUT2D eigenvalue weighted by Gasteiger charge is 2.70. The Morgan fingerprint density at radius 2 is 2.07 bits per heavy atom. The maximum Gasteiger partial charge on any atom is 0.174 e. The highest BCUT2D eigenvalue weighted by Crippen LogP contribution is 2.61. The molecule has 3 fully saturated rings. The lowest BCUT2D eigenvalue weighted by atomic mass is 9.52. The van der Waals surface area contributed by atoms with Crippen molar-refractivity contribution in [3.63, 3.8) is 0 Å². The van der Waals surface area contributed by atoms with Gasteiger partial charge in [-0.05, 0) is 63.6 Å². The van der Waals surface area contributed by atoms with Gasteiger partial charge in [0.1, 0.15) is 0 Å². The molecule has 0 radical (unpaired) electrons. The standard InChI is InChI=1S/C22H29NO4/c1-13-6-7-16(24)19-18(13)21-10-11-23(12-15-4-3-5-15)14(2)22(21,26)9-8-17(25)20(21)27-19/h6-7,14-15,20,24,26H,3-5,8-12H2,1-2H3. The van der Waals surface area contributed by atoms with E-state index in [0.717, 1.165) is 30.1 Å². The number of phenolic OH excluding ortho intramolecular Hbond substituents is 1. The quantitative estimate of drug-likeness (QED) is 0.836. The molecule has 0 bridgehead atoms. The minimum atomic E-state index is -1.03. The van der Waals surface area contributed by atoms with Crippen molar-refractivity contribution in [2.45, 2.75) is 75.5 Å². The Bertz CT molecular complexity index is 804. The van der Waals surface area contributed by atoms with Crippen LogP contribution in [-0.4, -0.2) is 51.7 Å². The number of carbonyl (C=O) groups excluding carboxylic acids is 1. The van der Waals surface area contributed by atoms with E-state index in [-0.39, 0.29) is 17.6 Å². The van der Waals surface area contributed by atoms with Crippen molar-refractivity contribution >= 4 is 5.78 Å². The second kappa shape index (κ2) is 5.71. The SMILES string of the molecule is Cc1ccc(O)c2c1C13CCN(CC4CCC4)C(C)C1(O)CCC(=O)C3O2. The number of benzene rings is 1. The lowest BCUT2D eigenvalue weighted by Crippen LogP contribution is -2.74. The molecule has 0 amide bonds. The summed E-state index contributed by atoms with van der Waals surface area (Å²) in [4.78, 5) is 15.3. The number of ketones is 1. The van der Waals surface area contributed by atoms with Gasteiger partial charge in [0.05, 0.1) is 11.0 Å². The van der Waals surface area contributed by atoms with Gasteiger partial charge in [0.15, 0.2) is 23.4 Å². The number of Topliss-reactive ketones (excluding diaryl/α,β-unsaturated/α-hetero) is 1. The van der Waals surface area contributed by atoms with E-state index in [0.29, 0.717) is 25.0 Å². The number of phenols is 1. The van der Waals surface area contributed by atoms with Crippen LogP contribution in [0, 0.1) is 12.8 Å². The fraction of sp³-hybridized carbons (Fsp3) is 0.682. The van der Waals surface area contributed by atoms with Gasteiger partial charge in [-0.1, -0.05) is 12.5 Å². The van der Waals surface area contributed by atoms with Crippen molar-refractivity contribution in [1.82, 2.24) is 4.90 Å². The largest absolute Gasteiger partial charge is 0.504 e. The van der Waals surface area contributed by atoms with Crippen molar-refractivity contribution in [1.29, 1.82) is 0 Å². The number of aliphatic hydroxyl groups is 1. The van der Waals surface area contributed by atoms with Crippen LogP contribution >= 0.6 is 0 Å². The first-order valence-electron chi connectivity index (χ1n) is 10.4. The molecule has 2 aliphatic carbocycles. The second-order valence-electron chi connectivity index (χ2n) is 9.18. The first-order chi connectivity index (χ1) is 12.9. The van der Waals surface area contributed by atoms with Gasteiger partial charge in [0.2, 0.25) is 0 Å². The summed E-state index contributed by atoms with van der Waals surface area (Å²) in [6.07, 6.45) is 4.68. The number of piperidine rings is 1. The van der Waals surface area contributed by atoms with Gasteiger partial charge < -0.3 is 14.9 Å². The van der Waals surface area contributed by atoms with Crippen LogP contribution in [0.3, 0.4) is 0 Å². The molecule has 5 rings (SSSR count). The molecule has 27 heavy (non-hydrogen) atoms. The third-order valence-electron chi connectivity index (χ3n) is 8.04. The number of nitrogens with zero attached hydrogens (tertiary/aromatic N) is 1. The fourth-order valence-corrected chi connectivity index (χ4v) is 6.27. The van der Waals surface area contributed by atoms with Gasteiger partial charge in [0.25, 0.3) is 0 Å². The van der Waals surface area contributed by atoms with Crippen LogP contribution in [-0.2, 0) is 10.2 Å². The first-order valence-corrected chi connectivity index (χ1v) is 10.4. The van der Waals surface area contributed by atoms with Crippen LogP contribution in [0.15, 0.2) is 12.1 Å². The van der Waals surface area contributed by atoms with E-state index < -0.39 is 17.1 Å². The smallest absolute Gasteiger partial charge is 0.174 e. The molecule has 4 unspecified atom stereocenters. The number of rotatable bonds is 2. The predicted octanol–water partition coefficient (Wildman–Crippen LogP) is 2.69. The summed E-state index contributed by atoms with van der Waals surface area (Å²) in [5, 5.41) is 22.5. The number of aryl methyl sites for hydroxylation is 1. The van der Waals surface area contributed by atoms with E-state index in [2.05, 4.69) is 11.8 Å². The normalized spacial score (nSPS) is 38.6. The van der Waals surface area contributed by atoms with Crippen molar-refractivity contribution in [2.75, 3.05) is 13.1 Å². The van der Waals surface area contributed by atoms with Crippen molar-refractivity contribution in [3.05, 3.63) is 23.3 Å². The van der Waals surface area contributed by atoms with E-state index >= 15 is 0 Å². The summed E-state index contributed by atoms with van der Waals surface area (Å²) in [7, 11) is 0. The van der Waals surface area contributed by atoms with Gasteiger partial charge in [-0.3, -0.25) is 9.69 Å². The van der Waals surface area contributed by atoms with Gasteiger partial charge >= 0.3 is 0 Å². The zero-order valence-corrected chi connectivity index (χ0v) is 16.2. The topological polar surface area (TPSA) is 70.0 Å². The number of ether oxygens (including phenoxy) is 1. The minimum absolute atomic E-state index is 0.0428. The highest BCUT2D eigenvalue weighted by atomic mass is 16.5. The Morgan fingerprint density at radius 3 is 2.78 bits per heavy atom. The Kier molecular flexibility index (Phi) is 3.70. The van der Waals surface area contributed by atoms with E-state index in [9.17, 15) is 15.0 Å². The zero-order chi connectivity index (χ0) is 19.0. The van der Waals surface area contributed by atoms with Crippen molar-refractivity contribution < 1.29 is 19.7 Å². The fourth-order valence-electron chi connectivity index (χ4n) is 6.27. The van der Waals surface area contributed by atoms with Gasteiger partial charge in [-0.25, -0.2) is 0 Å². The average Bonchev–Trinajstić information content (AvgIpc) is 2.97.